The van der Waals surface area contributed by atoms with Crippen LogP contribution in [0.3, 0.4) is 0 Å². The Bertz CT molecular complexity index is 410. The Balaban J connectivity index is 0.00000162. The van der Waals surface area contributed by atoms with Crippen LogP contribution >= 0.6 is 23.7 Å². The Hall–Kier alpha value is -1.11. The maximum absolute atomic E-state index is 11.9. The number of halogens is 1. The fraction of sp³-hybridized carbons (Fsp3) is 0.455. The highest BCUT2D eigenvalue weighted by atomic mass is 35.5. The van der Waals surface area contributed by atoms with Crippen LogP contribution in [-0.4, -0.2) is 43.4 Å². The lowest BCUT2D eigenvalue weighted by molar-refractivity contribution is -0.142. The number of hydrogen-bond acceptors (Lipinski definition) is 4. The molecule has 0 spiro atoms. The predicted octanol–water partition coefficient (Wildman–Crippen LogP) is 0.389. The first-order valence-electron chi connectivity index (χ1n) is 5.49. The minimum Gasteiger partial charge on any atom is -0.352 e. The number of piperazine rings is 1. The van der Waals surface area contributed by atoms with E-state index in [1.807, 2.05) is 17.5 Å². The summed E-state index contributed by atoms with van der Waals surface area (Å²) in [6.45, 7) is 1.35. The van der Waals surface area contributed by atoms with Gasteiger partial charge in [0.05, 0.1) is 6.54 Å². The van der Waals surface area contributed by atoms with E-state index in [0.717, 1.165) is 4.88 Å². The number of carbonyl (C=O) groups excluding carboxylic acids is 2. The Labute approximate surface area is 116 Å². The molecule has 0 aliphatic carbocycles. The molecule has 7 heteroatoms. The molecule has 1 fully saturated rings. The lowest BCUT2D eigenvalue weighted by Gasteiger charge is -2.34. The maximum Gasteiger partial charge on any atom is 0.248 e. The van der Waals surface area contributed by atoms with Crippen LogP contribution in [0.1, 0.15) is 10.9 Å². The number of thiophene rings is 1. The van der Waals surface area contributed by atoms with Gasteiger partial charge in [0.15, 0.2) is 0 Å². The maximum atomic E-state index is 11.9. The first-order valence-corrected chi connectivity index (χ1v) is 6.37. The summed E-state index contributed by atoms with van der Waals surface area (Å²) in [5, 5.41) is 7.54. The van der Waals surface area contributed by atoms with Crippen molar-refractivity contribution in [3.05, 3.63) is 22.4 Å². The topological polar surface area (TPSA) is 61.4 Å². The zero-order valence-corrected chi connectivity index (χ0v) is 11.6. The molecule has 0 radical (unpaired) electrons. The summed E-state index contributed by atoms with van der Waals surface area (Å²) in [4.78, 5) is 26.4. The quantitative estimate of drug-likeness (QED) is 0.846. The summed E-state index contributed by atoms with van der Waals surface area (Å²) in [7, 11) is 1.72. The van der Waals surface area contributed by atoms with Crippen molar-refractivity contribution >= 4 is 35.6 Å². The van der Waals surface area contributed by atoms with E-state index in [-0.39, 0.29) is 30.8 Å². The summed E-state index contributed by atoms with van der Waals surface area (Å²) >= 11 is 1.50. The van der Waals surface area contributed by atoms with E-state index in [9.17, 15) is 9.59 Å². The van der Waals surface area contributed by atoms with Gasteiger partial charge < -0.3 is 15.5 Å². The zero-order chi connectivity index (χ0) is 12.3. The molecule has 5 nitrogen and oxygen atoms in total. The lowest BCUT2D eigenvalue weighted by Crippen LogP contribution is -2.53. The molecule has 2 amide bonds. The molecule has 1 saturated heterocycles. The fourth-order valence-electron chi connectivity index (χ4n) is 1.92. The standard InChI is InChI=1S/C11H15N3O2S.ClH/c1-12-7-9(15)14-5-4-13-11(16)10(14)8-3-2-6-17-8;/h2-3,6,10,12H,4-5,7H2,1H3,(H,13,16);1H. The van der Waals surface area contributed by atoms with Gasteiger partial charge in [0, 0.05) is 18.0 Å². The van der Waals surface area contributed by atoms with Crippen LogP contribution in [0.5, 0.6) is 0 Å². The molecule has 2 N–H and O–H groups in total. The van der Waals surface area contributed by atoms with E-state index in [0.29, 0.717) is 13.1 Å². The smallest absolute Gasteiger partial charge is 0.248 e. The third-order valence-corrected chi connectivity index (χ3v) is 3.60. The van der Waals surface area contributed by atoms with Gasteiger partial charge in [-0.3, -0.25) is 9.59 Å². The minimum atomic E-state index is -0.468. The molecular weight excluding hydrogens is 274 g/mol. The number of nitrogens with zero attached hydrogens (tertiary/aromatic N) is 1. The number of amides is 2. The van der Waals surface area contributed by atoms with Gasteiger partial charge in [-0.2, -0.15) is 0 Å². The highest BCUT2D eigenvalue weighted by Gasteiger charge is 2.34. The number of nitrogens with one attached hydrogen (secondary N) is 2. The average molecular weight is 290 g/mol. The van der Waals surface area contributed by atoms with E-state index >= 15 is 0 Å². The molecule has 2 heterocycles. The van der Waals surface area contributed by atoms with E-state index in [1.54, 1.807) is 11.9 Å². The molecule has 2 rings (SSSR count). The second-order valence-corrected chi connectivity index (χ2v) is 4.81. The van der Waals surface area contributed by atoms with Crippen LogP contribution < -0.4 is 10.6 Å². The molecule has 1 atom stereocenters. The van der Waals surface area contributed by atoms with E-state index in [1.165, 1.54) is 11.3 Å². The van der Waals surface area contributed by atoms with Gasteiger partial charge in [-0.25, -0.2) is 0 Å². The van der Waals surface area contributed by atoms with E-state index < -0.39 is 6.04 Å². The number of likely N-dealkylation sites (N-methyl/N-ethyl adjacent to an activating group) is 1. The third kappa shape index (κ3) is 3.01. The highest BCUT2D eigenvalue weighted by molar-refractivity contribution is 7.10. The van der Waals surface area contributed by atoms with Crippen LogP contribution in [0.4, 0.5) is 0 Å². The van der Waals surface area contributed by atoms with Crippen molar-refractivity contribution in [3.63, 3.8) is 0 Å². The van der Waals surface area contributed by atoms with Crippen molar-refractivity contribution in [1.82, 2.24) is 15.5 Å². The Morgan fingerprint density at radius 3 is 3.06 bits per heavy atom. The third-order valence-electron chi connectivity index (χ3n) is 2.67. The van der Waals surface area contributed by atoms with Crippen molar-refractivity contribution in [3.8, 4) is 0 Å². The zero-order valence-electron chi connectivity index (χ0n) is 10.0. The predicted molar refractivity (Wildman–Crippen MR) is 73.0 cm³/mol. The van der Waals surface area contributed by atoms with Crippen molar-refractivity contribution in [1.29, 1.82) is 0 Å². The molecule has 18 heavy (non-hydrogen) atoms. The van der Waals surface area contributed by atoms with Gasteiger partial charge in [-0.05, 0) is 18.5 Å². The summed E-state index contributed by atoms with van der Waals surface area (Å²) in [5.41, 5.74) is 0. The Kier molecular flexibility index (Phi) is 5.58. The van der Waals surface area contributed by atoms with Crippen molar-refractivity contribution < 1.29 is 9.59 Å². The molecule has 1 aliphatic rings. The summed E-state index contributed by atoms with van der Waals surface area (Å²) in [6.07, 6.45) is 0. The van der Waals surface area contributed by atoms with E-state index in [4.69, 9.17) is 0 Å². The minimum absolute atomic E-state index is 0. The SMILES string of the molecule is CNCC(=O)N1CCNC(=O)C1c1cccs1.Cl. The first kappa shape index (κ1) is 14.9. The summed E-state index contributed by atoms with van der Waals surface area (Å²) in [6, 6.07) is 3.31. The van der Waals surface area contributed by atoms with E-state index in [2.05, 4.69) is 10.6 Å². The van der Waals surface area contributed by atoms with Gasteiger partial charge in [-0.1, -0.05) is 6.07 Å². The molecule has 1 aliphatic heterocycles. The molecular formula is C11H16ClN3O2S. The molecule has 0 bridgehead atoms. The monoisotopic (exact) mass is 289 g/mol. The van der Waals surface area contributed by atoms with Gasteiger partial charge >= 0.3 is 0 Å². The van der Waals surface area contributed by atoms with Crippen LogP contribution in [0.15, 0.2) is 17.5 Å². The molecule has 1 aromatic heterocycles. The number of carbonyl (C=O) groups is 2. The summed E-state index contributed by atoms with van der Waals surface area (Å²) < 4.78 is 0. The van der Waals surface area contributed by atoms with Gasteiger partial charge in [-0.15, -0.1) is 23.7 Å². The highest BCUT2D eigenvalue weighted by Crippen LogP contribution is 2.26. The van der Waals surface area contributed by atoms with Crippen LogP contribution in [-0.2, 0) is 9.59 Å². The largest absolute Gasteiger partial charge is 0.352 e. The number of hydrogen-bond donors (Lipinski definition) is 2. The average Bonchev–Trinajstić information content (AvgIpc) is 2.82. The number of rotatable bonds is 3. The van der Waals surface area contributed by atoms with Gasteiger partial charge in [0.2, 0.25) is 11.8 Å². The molecule has 100 valence electrons. The first-order chi connectivity index (χ1) is 8.24. The molecule has 1 aromatic rings. The van der Waals surface area contributed by atoms with Crippen molar-refractivity contribution in [2.75, 3.05) is 26.7 Å². The van der Waals surface area contributed by atoms with Crippen molar-refractivity contribution in [2.24, 2.45) is 0 Å². The molecule has 1 unspecified atom stereocenters. The Morgan fingerprint density at radius 2 is 2.44 bits per heavy atom. The lowest BCUT2D eigenvalue weighted by atomic mass is 10.1. The normalized spacial score (nSPS) is 19.1. The van der Waals surface area contributed by atoms with Gasteiger partial charge in [0.25, 0.3) is 0 Å². The molecule has 0 aromatic carbocycles. The second kappa shape index (κ2) is 6.72. The molecule has 0 saturated carbocycles. The summed E-state index contributed by atoms with van der Waals surface area (Å²) in [5.74, 6) is -0.135. The van der Waals surface area contributed by atoms with Crippen LogP contribution in [0.25, 0.3) is 0 Å². The van der Waals surface area contributed by atoms with Gasteiger partial charge in [0.1, 0.15) is 6.04 Å². The fourth-order valence-corrected chi connectivity index (χ4v) is 2.75. The Morgan fingerprint density at radius 1 is 1.67 bits per heavy atom. The second-order valence-electron chi connectivity index (χ2n) is 3.83. The van der Waals surface area contributed by atoms with Crippen LogP contribution in [0.2, 0.25) is 0 Å². The van der Waals surface area contributed by atoms with Crippen molar-refractivity contribution in [2.45, 2.75) is 6.04 Å². The van der Waals surface area contributed by atoms with Crippen LogP contribution in [0, 0.1) is 0 Å².